The summed E-state index contributed by atoms with van der Waals surface area (Å²) in [6.07, 6.45) is 0. The second kappa shape index (κ2) is 3.60. The quantitative estimate of drug-likeness (QED) is 0.661. The standard InChI is InChI=1S/C10H8BrClS/c1-6-2-8-9(11)3-7(5-12)4-10(8)13-6/h2-4H,5H2,1H3. The first-order chi connectivity index (χ1) is 6.20. The van der Waals surface area contributed by atoms with Crippen molar-refractivity contribution in [2.75, 3.05) is 0 Å². The van der Waals surface area contributed by atoms with Crippen LogP contribution in [0.25, 0.3) is 10.1 Å². The lowest BCUT2D eigenvalue weighted by Crippen LogP contribution is -1.76. The lowest BCUT2D eigenvalue weighted by Gasteiger charge is -1.98. The number of fused-ring (bicyclic) bond motifs is 1. The maximum Gasteiger partial charge on any atom is 0.0474 e. The molecule has 0 unspecified atom stereocenters. The first kappa shape index (κ1) is 9.50. The summed E-state index contributed by atoms with van der Waals surface area (Å²) in [7, 11) is 0. The normalized spacial score (nSPS) is 11.0. The molecule has 1 heterocycles. The molecule has 0 fully saturated rings. The van der Waals surface area contributed by atoms with Gasteiger partial charge in [0.25, 0.3) is 0 Å². The van der Waals surface area contributed by atoms with Gasteiger partial charge in [0.05, 0.1) is 0 Å². The largest absolute Gasteiger partial charge is 0.141 e. The van der Waals surface area contributed by atoms with E-state index >= 15 is 0 Å². The van der Waals surface area contributed by atoms with E-state index in [1.807, 2.05) is 11.3 Å². The molecule has 0 bridgehead atoms. The molecule has 2 rings (SSSR count). The van der Waals surface area contributed by atoms with Crippen LogP contribution in [0.4, 0.5) is 0 Å². The highest BCUT2D eigenvalue weighted by Gasteiger charge is 2.04. The molecule has 68 valence electrons. The van der Waals surface area contributed by atoms with Gasteiger partial charge in [0.1, 0.15) is 0 Å². The summed E-state index contributed by atoms with van der Waals surface area (Å²) in [6, 6.07) is 6.44. The van der Waals surface area contributed by atoms with Gasteiger partial charge in [0, 0.05) is 25.3 Å². The topological polar surface area (TPSA) is 0 Å². The van der Waals surface area contributed by atoms with Crippen LogP contribution in [0.2, 0.25) is 0 Å². The van der Waals surface area contributed by atoms with E-state index in [4.69, 9.17) is 11.6 Å². The average molecular weight is 276 g/mol. The second-order valence-corrected chi connectivity index (χ2v) is 5.39. The molecule has 0 nitrogen and oxygen atoms in total. The van der Waals surface area contributed by atoms with E-state index in [2.05, 4.69) is 41.1 Å². The Hall–Kier alpha value is -0.0500. The first-order valence-corrected chi connectivity index (χ1v) is 6.09. The Balaban J connectivity index is 2.75. The highest BCUT2D eigenvalue weighted by molar-refractivity contribution is 9.10. The lowest BCUT2D eigenvalue weighted by atomic mass is 10.2. The molecule has 0 amide bonds. The van der Waals surface area contributed by atoms with Crippen molar-refractivity contribution in [2.24, 2.45) is 0 Å². The third-order valence-electron chi connectivity index (χ3n) is 1.92. The van der Waals surface area contributed by atoms with Crippen molar-refractivity contribution < 1.29 is 0 Å². The van der Waals surface area contributed by atoms with Crippen LogP contribution in [0.1, 0.15) is 10.4 Å². The SMILES string of the molecule is Cc1cc2c(Br)cc(CCl)cc2s1. The van der Waals surface area contributed by atoms with Crippen molar-refractivity contribution in [3.05, 3.63) is 33.1 Å². The zero-order valence-corrected chi connectivity index (χ0v) is 10.3. The number of hydrogen-bond donors (Lipinski definition) is 0. The molecule has 0 atom stereocenters. The van der Waals surface area contributed by atoms with E-state index in [0.717, 1.165) is 4.47 Å². The van der Waals surface area contributed by atoms with Crippen LogP contribution in [0.15, 0.2) is 22.7 Å². The Morgan fingerprint density at radius 3 is 2.85 bits per heavy atom. The Morgan fingerprint density at radius 1 is 1.38 bits per heavy atom. The lowest BCUT2D eigenvalue weighted by molar-refractivity contribution is 1.42. The number of alkyl halides is 1. The molecule has 3 heteroatoms. The molecule has 1 aromatic carbocycles. The van der Waals surface area contributed by atoms with Crippen molar-refractivity contribution in [3.8, 4) is 0 Å². The maximum atomic E-state index is 5.79. The van der Waals surface area contributed by atoms with E-state index in [0.29, 0.717) is 5.88 Å². The van der Waals surface area contributed by atoms with Gasteiger partial charge in [0.15, 0.2) is 0 Å². The van der Waals surface area contributed by atoms with Gasteiger partial charge in [-0.1, -0.05) is 15.9 Å². The maximum absolute atomic E-state index is 5.79. The zero-order chi connectivity index (χ0) is 9.42. The molecule has 1 aromatic heterocycles. The zero-order valence-electron chi connectivity index (χ0n) is 7.10. The number of hydrogen-bond acceptors (Lipinski definition) is 1. The van der Waals surface area contributed by atoms with Crippen LogP contribution in [-0.2, 0) is 5.88 Å². The van der Waals surface area contributed by atoms with E-state index in [9.17, 15) is 0 Å². The van der Waals surface area contributed by atoms with Crippen molar-refractivity contribution in [3.63, 3.8) is 0 Å². The summed E-state index contributed by atoms with van der Waals surface area (Å²) < 4.78 is 2.45. The number of benzene rings is 1. The van der Waals surface area contributed by atoms with Gasteiger partial charge < -0.3 is 0 Å². The Kier molecular flexibility index (Phi) is 2.63. The molecule has 0 N–H and O–H groups in total. The van der Waals surface area contributed by atoms with Crippen LogP contribution < -0.4 is 0 Å². The fourth-order valence-corrected chi connectivity index (χ4v) is 3.27. The number of aryl methyl sites for hydroxylation is 1. The minimum Gasteiger partial charge on any atom is -0.141 e. The molecule has 0 aliphatic heterocycles. The van der Waals surface area contributed by atoms with Crippen LogP contribution in [-0.4, -0.2) is 0 Å². The summed E-state index contributed by atoms with van der Waals surface area (Å²) in [5.74, 6) is 0.575. The summed E-state index contributed by atoms with van der Waals surface area (Å²) in [5.41, 5.74) is 1.17. The van der Waals surface area contributed by atoms with Crippen molar-refractivity contribution >= 4 is 49.0 Å². The molecule has 0 saturated heterocycles. The van der Waals surface area contributed by atoms with Crippen LogP contribution >= 0.6 is 38.9 Å². The number of rotatable bonds is 1. The van der Waals surface area contributed by atoms with Crippen LogP contribution in [0, 0.1) is 6.92 Å². The third-order valence-corrected chi connectivity index (χ3v) is 3.89. The molecule has 0 spiro atoms. The van der Waals surface area contributed by atoms with E-state index in [1.54, 1.807) is 0 Å². The van der Waals surface area contributed by atoms with Gasteiger partial charge in [0.2, 0.25) is 0 Å². The van der Waals surface area contributed by atoms with Gasteiger partial charge in [-0.25, -0.2) is 0 Å². The number of thiophene rings is 1. The van der Waals surface area contributed by atoms with Gasteiger partial charge in [-0.05, 0) is 30.7 Å². The average Bonchev–Trinajstić information content (AvgIpc) is 2.46. The minimum absolute atomic E-state index is 0.575. The molecule has 0 aliphatic rings. The highest BCUT2D eigenvalue weighted by atomic mass is 79.9. The van der Waals surface area contributed by atoms with E-state index in [1.165, 1.54) is 20.5 Å². The Bertz CT molecular complexity index is 447. The van der Waals surface area contributed by atoms with Gasteiger partial charge in [-0.15, -0.1) is 22.9 Å². The Morgan fingerprint density at radius 2 is 2.15 bits per heavy atom. The molecule has 13 heavy (non-hydrogen) atoms. The van der Waals surface area contributed by atoms with Gasteiger partial charge >= 0.3 is 0 Å². The summed E-state index contributed by atoms with van der Waals surface area (Å²) in [6.45, 7) is 2.12. The minimum atomic E-state index is 0.575. The molecule has 0 radical (unpaired) electrons. The van der Waals surface area contributed by atoms with Crippen molar-refractivity contribution in [1.82, 2.24) is 0 Å². The van der Waals surface area contributed by atoms with Crippen LogP contribution in [0.5, 0.6) is 0 Å². The smallest absolute Gasteiger partial charge is 0.0474 e. The highest BCUT2D eigenvalue weighted by Crippen LogP contribution is 2.32. The summed E-state index contributed by atoms with van der Waals surface area (Å²) >= 11 is 11.1. The fourth-order valence-electron chi connectivity index (χ4n) is 1.35. The van der Waals surface area contributed by atoms with Crippen LogP contribution in [0.3, 0.4) is 0 Å². The summed E-state index contributed by atoms with van der Waals surface area (Å²) in [4.78, 5) is 1.34. The molecule has 0 aliphatic carbocycles. The van der Waals surface area contributed by atoms with E-state index < -0.39 is 0 Å². The van der Waals surface area contributed by atoms with E-state index in [-0.39, 0.29) is 0 Å². The summed E-state index contributed by atoms with van der Waals surface area (Å²) in [5, 5.41) is 1.29. The predicted molar refractivity (Wildman–Crippen MR) is 63.8 cm³/mol. The predicted octanol–water partition coefficient (Wildman–Crippen LogP) is 4.71. The third kappa shape index (κ3) is 1.76. The molecule has 0 saturated carbocycles. The van der Waals surface area contributed by atoms with Crippen molar-refractivity contribution in [2.45, 2.75) is 12.8 Å². The molecular formula is C10H8BrClS. The Labute approximate surface area is 94.7 Å². The fraction of sp³-hybridized carbons (Fsp3) is 0.200. The van der Waals surface area contributed by atoms with Gasteiger partial charge in [-0.2, -0.15) is 0 Å². The van der Waals surface area contributed by atoms with Gasteiger partial charge in [-0.3, -0.25) is 0 Å². The monoisotopic (exact) mass is 274 g/mol. The molecular weight excluding hydrogens is 268 g/mol. The van der Waals surface area contributed by atoms with Crippen molar-refractivity contribution in [1.29, 1.82) is 0 Å². The molecule has 2 aromatic rings. The number of halogens is 2. The second-order valence-electron chi connectivity index (χ2n) is 2.98. The first-order valence-electron chi connectivity index (χ1n) is 3.95.